The van der Waals surface area contributed by atoms with Crippen molar-refractivity contribution in [3.8, 4) is 23.4 Å². The maximum Gasteiger partial charge on any atom is 0.273 e. The third-order valence-electron chi connectivity index (χ3n) is 10.2. The summed E-state index contributed by atoms with van der Waals surface area (Å²) in [5.41, 5.74) is 9.78. The van der Waals surface area contributed by atoms with Crippen molar-refractivity contribution in [3.05, 3.63) is 45.4 Å². The van der Waals surface area contributed by atoms with Crippen molar-refractivity contribution >= 4 is 33.3 Å². The van der Waals surface area contributed by atoms with Gasteiger partial charge in [0, 0.05) is 23.5 Å². The number of hydrogen-bond donors (Lipinski definition) is 2. The van der Waals surface area contributed by atoms with Crippen LogP contribution in [0.4, 0.5) is 5.00 Å². The number of amides is 1. The lowest BCUT2D eigenvalue weighted by Gasteiger charge is -2.39. The van der Waals surface area contributed by atoms with Gasteiger partial charge in [0.15, 0.2) is 34.4 Å². The summed E-state index contributed by atoms with van der Waals surface area (Å²) >= 11 is 1.52. The molecule has 1 amide bonds. The number of hydrogen-bond acceptors (Lipinski definition) is 12. The van der Waals surface area contributed by atoms with Crippen LogP contribution in [-0.2, 0) is 18.3 Å². The molecule has 15 heteroatoms. The molecule has 8 rings (SSSR count). The van der Waals surface area contributed by atoms with Gasteiger partial charge in [-0.1, -0.05) is 5.16 Å². The van der Waals surface area contributed by atoms with Gasteiger partial charge in [0.1, 0.15) is 11.1 Å². The summed E-state index contributed by atoms with van der Waals surface area (Å²) in [7, 11) is 3.69. The predicted octanol–water partition coefficient (Wildman–Crippen LogP) is 3.55. The minimum Gasteiger partial charge on any atom is -0.389 e. The lowest BCUT2D eigenvalue weighted by Crippen LogP contribution is -2.35. The molecule has 5 aromatic rings. The lowest BCUT2D eigenvalue weighted by molar-refractivity contribution is 0.0957. The van der Waals surface area contributed by atoms with Crippen LogP contribution >= 0.6 is 11.3 Å². The van der Waals surface area contributed by atoms with Crippen molar-refractivity contribution in [2.45, 2.75) is 75.8 Å². The summed E-state index contributed by atoms with van der Waals surface area (Å²) in [6, 6.07) is 2.73. The summed E-state index contributed by atoms with van der Waals surface area (Å²) in [4.78, 5) is 27.3. The quantitative estimate of drug-likeness (QED) is 0.287. The standard InChI is InChI=1S/C31H34N12O2S/c1-16(21-8-6-12-41(21)3)42-28-19(14-35-42)29(43-36-15-20(39-43)30(44)34-2)38-27(37-28)24-17-7-4-10-31(25(17)45-40-24)11-5-9-22-23(31)18(13-32)26(33)46-22/h14-16,21H,4-12,33H2,1-3H3,(H,34,44)/t16-,21-,31-/m0/s1. The molecule has 46 heavy (non-hydrogen) atoms. The highest BCUT2D eigenvalue weighted by molar-refractivity contribution is 7.16. The molecule has 1 aliphatic heterocycles. The van der Waals surface area contributed by atoms with Gasteiger partial charge in [0.2, 0.25) is 0 Å². The number of nitrogens with two attached hydrogens (primary N) is 1. The molecule has 0 aromatic carbocycles. The predicted molar refractivity (Wildman–Crippen MR) is 170 cm³/mol. The van der Waals surface area contributed by atoms with Crippen LogP contribution in [0.25, 0.3) is 28.4 Å². The third kappa shape index (κ3) is 4.12. The SMILES string of the molecule is CNC(=O)c1cnn(-c2nc(-c3noc4c3CCC[C@@]43CCCc4sc(N)c(C#N)c43)nc3c2cnn3[C@@H](C)[C@@H]2CCCN2C)n1. The van der Waals surface area contributed by atoms with Crippen LogP contribution in [0.2, 0.25) is 0 Å². The van der Waals surface area contributed by atoms with E-state index in [1.165, 1.54) is 22.3 Å². The van der Waals surface area contributed by atoms with E-state index >= 15 is 0 Å². The fourth-order valence-electron chi connectivity index (χ4n) is 7.99. The van der Waals surface area contributed by atoms with Gasteiger partial charge in [0.25, 0.3) is 5.91 Å². The summed E-state index contributed by atoms with van der Waals surface area (Å²) in [6.07, 6.45) is 10.6. The summed E-state index contributed by atoms with van der Waals surface area (Å²) < 4.78 is 8.22. The van der Waals surface area contributed by atoms with Crippen molar-refractivity contribution in [1.29, 1.82) is 5.26 Å². The van der Waals surface area contributed by atoms with Crippen LogP contribution in [0, 0.1) is 11.3 Å². The molecule has 1 saturated heterocycles. The Labute approximate surface area is 268 Å². The molecule has 2 aliphatic carbocycles. The molecule has 0 unspecified atom stereocenters. The Morgan fingerprint density at radius 3 is 2.80 bits per heavy atom. The Morgan fingerprint density at radius 1 is 1.22 bits per heavy atom. The van der Waals surface area contributed by atoms with E-state index in [-0.39, 0.29) is 17.6 Å². The monoisotopic (exact) mass is 638 g/mol. The van der Waals surface area contributed by atoms with E-state index in [1.54, 1.807) is 13.2 Å². The van der Waals surface area contributed by atoms with Crippen LogP contribution in [0.5, 0.6) is 0 Å². The Balaban J connectivity index is 1.31. The Hall–Kier alpha value is -4.68. The Bertz CT molecular complexity index is 2050. The van der Waals surface area contributed by atoms with Gasteiger partial charge >= 0.3 is 0 Å². The maximum atomic E-state index is 12.4. The molecule has 3 atom stereocenters. The van der Waals surface area contributed by atoms with Crippen LogP contribution in [-0.4, -0.2) is 77.4 Å². The van der Waals surface area contributed by atoms with E-state index in [4.69, 9.17) is 25.3 Å². The fraction of sp³-hybridized carbons (Fsp3) is 0.484. The number of anilines is 1. The number of fused-ring (bicyclic) bond motifs is 5. The van der Waals surface area contributed by atoms with Crippen molar-refractivity contribution in [2.75, 3.05) is 26.4 Å². The molecule has 0 radical (unpaired) electrons. The highest BCUT2D eigenvalue weighted by Crippen LogP contribution is 2.55. The van der Waals surface area contributed by atoms with E-state index in [0.717, 1.165) is 79.7 Å². The number of nitrogens with one attached hydrogen (secondary N) is 1. The average Bonchev–Trinajstić information content (AvgIpc) is 3.89. The van der Waals surface area contributed by atoms with Crippen LogP contribution < -0.4 is 11.1 Å². The zero-order valence-corrected chi connectivity index (χ0v) is 26.8. The van der Waals surface area contributed by atoms with Gasteiger partial charge in [-0.25, -0.2) is 14.6 Å². The van der Waals surface area contributed by atoms with Crippen molar-refractivity contribution in [3.63, 3.8) is 0 Å². The van der Waals surface area contributed by atoms with Crippen molar-refractivity contribution < 1.29 is 9.32 Å². The van der Waals surface area contributed by atoms with Gasteiger partial charge in [-0.15, -0.1) is 21.2 Å². The maximum absolute atomic E-state index is 12.4. The first kappa shape index (κ1) is 28.8. The summed E-state index contributed by atoms with van der Waals surface area (Å²) in [5.74, 6) is 1.20. The Kier molecular flexibility index (Phi) is 6.69. The minimum absolute atomic E-state index is 0.0382. The number of likely N-dealkylation sites (N-methyl/N-ethyl adjacent to an activating group) is 1. The number of nitriles is 1. The lowest BCUT2D eigenvalue weighted by atomic mass is 9.63. The number of nitrogens with zero attached hydrogens (tertiary/aromatic N) is 10. The molecule has 0 bridgehead atoms. The summed E-state index contributed by atoms with van der Waals surface area (Å²) in [6.45, 7) is 3.20. The van der Waals surface area contributed by atoms with Gasteiger partial charge in [-0.3, -0.25) is 4.79 Å². The molecule has 1 fully saturated rings. The normalized spacial score (nSPS) is 21.7. The molecule has 14 nitrogen and oxygen atoms in total. The third-order valence-corrected chi connectivity index (χ3v) is 11.2. The second kappa shape index (κ2) is 10.7. The minimum atomic E-state index is -0.464. The number of nitrogen functional groups attached to an aromatic ring is 1. The van der Waals surface area contributed by atoms with Gasteiger partial charge in [-0.2, -0.15) is 15.5 Å². The van der Waals surface area contributed by atoms with Gasteiger partial charge in [0.05, 0.1) is 34.8 Å². The second-order valence-corrected chi connectivity index (χ2v) is 13.7. The molecule has 236 valence electrons. The number of likely N-dealkylation sites (tertiary alicyclic amines) is 1. The number of carbonyl (C=O) groups is 1. The van der Waals surface area contributed by atoms with E-state index in [2.05, 4.69) is 45.6 Å². The number of rotatable bonds is 5. The molecular formula is C31H34N12O2S. The van der Waals surface area contributed by atoms with E-state index in [1.807, 2.05) is 4.68 Å². The zero-order valence-electron chi connectivity index (χ0n) is 25.9. The molecular weight excluding hydrogens is 604 g/mol. The number of aromatic nitrogens is 8. The first-order valence-electron chi connectivity index (χ1n) is 15.8. The Morgan fingerprint density at radius 2 is 2.04 bits per heavy atom. The van der Waals surface area contributed by atoms with Crippen LogP contribution in [0.15, 0.2) is 16.9 Å². The highest BCUT2D eigenvalue weighted by Gasteiger charge is 2.49. The van der Waals surface area contributed by atoms with E-state index in [9.17, 15) is 10.1 Å². The summed E-state index contributed by atoms with van der Waals surface area (Å²) in [5, 5.41) is 32.2. The molecule has 6 heterocycles. The highest BCUT2D eigenvalue weighted by atomic mass is 32.1. The first-order valence-corrected chi connectivity index (χ1v) is 16.6. The molecule has 0 saturated carbocycles. The molecule has 1 spiro atoms. The smallest absolute Gasteiger partial charge is 0.273 e. The second-order valence-electron chi connectivity index (χ2n) is 12.6. The van der Waals surface area contributed by atoms with Crippen molar-refractivity contribution in [1.82, 2.24) is 50.1 Å². The average molecular weight is 639 g/mol. The fourth-order valence-corrected chi connectivity index (χ4v) is 9.15. The molecule has 3 N–H and O–H groups in total. The van der Waals surface area contributed by atoms with E-state index < -0.39 is 5.41 Å². The van der Waals surface area contributed by atoms with Crippen LogP contribution in [0.3, 0.4) is 0 Å². The van der Waals surface area contributed by atoms with Crippen LogP contribution in [0.1, 0.15) is 89.3 Å². The first-order chi connectivity index (χ1) is 22.3. The van der Waals surface area contributed by atoms with Gasteiger partial charge < -0.3 is 20.5 Å². The number of aryl methyl sites for hydroxylation is 1. The van der Waals surface area contributed by atoms with E-state index in [0.29, 0.717) is 45.0 Å². The topological polar surface area (TPSA) is 182 Å². The largest absolute Gasteiger partial charge is 0.389 e. The van der Waals surface area contributed by atoms with Crippen molar-refractivity contribution in [2.24, 2.45) is 0 Å². The number of thiophene rings is 1. The molecule has 5 aromatic heterocycles. The molecule has 3 aliphatic rings. The zero-order chi connectivity index (χ0) is 31.7. The van der Waals surface area contributed by atoms with Gasteiger partial charge in [-0.05, 0) is 77.4 Å². The number of carbonyl (C=O) groups excluding carboxylic acids is 1.